The maximum Gasteiger partial charge on any atom is 0.315 e. The lowest BCUT2D eigenvalue weighted by Gasteiger charge is -2.05. The number of para-hydroxylation sites is 2. The number of nitro benzene ring substituents is 1. The van der Waals surface area contributed by atoms with Crippen LogP contribution in [-0.4, -0.2) is 44.6 Å². The van der Waals surface area contributed by atoms with E-state index in [0.717, 1.165) is 17.1 Å². The molecule has 150 valence electrons. The normalized spacial score (nSPS) is 11.1. The number of carbonyl (C=O) groups excluding carboxylic acids is 1. The number of aromatic nitrogens is 2. The average molecular weight is 415 g/mol. The summed E-state index contributed by atoms with van der Waals surface area (Å²) in [5.74, 6) is -0.909. The van der Waals surface area contributed by atoms with Gasteiger partial charge in [-0.15, -0.1) is 0 Å². The van der Waals surface area contributed by atoms with Crippen LogP contribution in [0.4, 0.5) is 5.69 Å². The molecule has 0 unspecified atom stereocenters. The van der Waals surface area contributed by atoms with Gasteiger partial charge in [0.05, 0.1) is 35.0 Å². The number of carbonyl (C=O) groups is 1. The van der Waals surface area contributed by atoms with Crippen LogP contribution < -0.4 is 10.2 Å². The summed E-state index contributed by atoms with van der Waals surface area (Å²) < 4.78 is 6.81. The Bertz CT molecular complexity index is 1110. The number of nitrogens with zero attached hydrogens (tertiary/aromatic N) is 4. The standard InChI is InChI=1S/C18H17N5O5S/c1-22-13-6-4-3-5-12(13)20-18(22)29-10-16(24)21-19-9-11-7-14(23(26)27)17(25)15(8-11)28-2/h3-9,25H,10H2,1-2H3,(H,21,24)/b19-9-. The molecule has 1 amide bonds. The Hall–Kier alpha value is -3.60. The average Bonchev–Trinajstić information content (AvgIpc) is 3.03. The second-order valence-electron chi connectivity index (χ2n) is 5.87. The quantitative estimate of drug-likeness (QED) is 0.262. The summed E-state index contributed by atoms with van der Waals surface area (Å²) in [4.78, 5) is 26.8. The Morgan fingerprint density at radius 1 is 1.45 bits per heavy atom. The Balaban J connectivity index is 1.63. The number of phenolic OH excluding ortho intramolecular Hbond substituents is 1. The molecule has 0 fully saturated rings. The van der Waals surface area contributed by atoms with E-state index in [9.17, 15) is 20.0 Å². The number of benzene rings is 2. The highest BCUT2D eigenvalue weighted by Gasteiger charge is 2.19. The van der Waals surface area contributed by atoms with Gasteiger partial charge in [0.1, 0.15) is 0 Å². The van der Waals surface area contributed by atoms with E-state index >= 15 is 0 Å². The van der Waals surface area contributed by atoms with Crippen LogP contribution in [0.25, 0.3) is 11.0 Å². The molecule has 3 rings (SSSR count). The van der Waals surface area contributed by atoms with E-state index in [0.29, 0.717) is 5.16 Å². The predicted octanol–water partition coefficient (Wildman–Crippen LogP) is 2.44. The topological polar surface area (TPSA) is 132 Å². The van der Waals surface area contributed by atoms with Crippen molar-refractivity contribution in [3.63, 3.8) is 0 Å². The van der Waals surface area contributed by atoms with Gasteiger partial charge in [-0.3, -0.25) is 14.9 Å². The van der Waals surface area contributed by atoms with Crippen molar-refractivity contribution in [3.8, 4) is 11.5 Å². The van der Waals surface area contributed by atoms with Crippen molar-refractivity contribution < 1.29 is 19.6 Å². The molecule has 1 heterocycles. The van der Waals surface area contributed by atoms with Crippen molar-refractivity contribution in [2.45, 2.75) is 5.16 Å². The van der Waals surface area contributed by atoms with E-state index in [4.69, 9.17) is 4.74 Å². The van der Waals surface area contributed by atoms with Gasteiger partial charge >= 0.3 is 5.69 Å². The molecule has 0 radical (unpaired) electrons. The lowest BCUT2D eigenvalue weighted by atomic mass is 10.2. The van der Waals surface area contributed by atoms with Gasteiger partial charge in [-0.1, -0.05) is 23.9 Å². The third kappa shape index (κ3) is 4.46. The van der Waals surface area contributed by atoms with E-state index in [2.05, 4.69) is 15.5 Å². The molecule has 0 saturated heterocycles. The predicted molar refractivity (Wildman–Crippen MR) is 108 cm³/mol. The van der Waals surface area contributed by atoms with Crippen molar-refractivity contribution in [2.24, 2.45) is 12.1 Å². The number of phenols is 1. The monoisotopic (exact) mass is 415 g/mol. The molecule has 11 heteroatoms. The fourth-order valence-electron chi connectivity index (χ4n) is 2.58. The first kappa shape index (κ1) is 20.1. The molecule has 29 heavy (non-hydrogen) atoms. The first-order chi connectivity index (χ1) is 13.9. The van der Waals surface area contributed by atoms with Crippen LogP contribution in [0.2, 0.25) is 0 Å². The Morgan fingerprint density at radius 3 is 2.90 bits per heavy atom. The number of hydrogen-bond donors (Lipinski definition) is 2. The molecule has 0 aliphatic rings. The second kappa shape index (κ2) is 8.61. The molecule has 0 spiro atoms. The van der Waals surface area contributed by atoms with Crippen LogP contribution >= 0.6 is 11.8 Å². The van der Waals surface area contributed by atoms with Crippen molar-refractivity contribution in [1.29, 1.82) is 0 Å². The molecule has 2 aromatic carbocycles. The van der Waals surface area contributed by atoms with Crippen LogP contribution in [0.1, 0.15) is 5.56 Å². The summed E-state index contributed by atoms with van der Waals surface area (Å²) in [5, 5.41) is 25.3. The van der Waals surface area contributed by atoms with Crippen LogP contribution in [0.5, 0.6) is 11.5 Å². The van der Waals surface area contributed by atoms with Crippen molar-refractivity contribution in [2.75, 3.05) is 12.9 Å². The summed E-state index contributed by atoms with van der Waals surface area (Å²) in [5.41, 5.74) is 3.94. The number of aryl methyl sites for hydroxylation is 1. The molecule has 2 N–H and O–H groups in total. The number of nitro groups is 1. The van der Waals surface area contributed by atoms with Gasteiger partial charge in [0.15, 0.2) is 10.9 Å². The van der Waals surface area contributed by atoms with Crippen LogP contribution in [0.3, 0.4) is 0 Å². The number of amides is 1. The Kier molecular flexibility index (Phi) is 5.98. The molecule has 10 nitrogen and oxygen atoms in total. The fraction of sp³-hybridized carbons (Fsp3) is 0.167. The zero-order chi connectivity index (χ0) is 21.0. The van der Waals surface area contributed by atoms with Gasteiger partial charge in [-0.05, 0) is 18.2 Å². The highest BCUT2D eigenvalue weighted by Crippen LogP contribution is 2.36. The van der Waals surface area contributed by atoms with Gasteiger partial charge in [0, 0.05) is 18.7 Å². The minimum absolute atomic E-state index is 0.0654. The zero-order valence-corrected chi connectivity index (χ0v) is 16.3. The van der Waals surface area contributed by atoms with E-state index < -0.39 is 16.4 Å². The summed E-state index contributed by atoms with van der Waals surface area (Å²) in [6.07, 6.45) is 1.23. The molecular formula is C18H17N5O5S. The molecule has 0 bridgehead atoms. The van der Waals surface area contributed by atoms with E-state index in [1.165, 1.54) is 31.2 Å². The number of methoxy groups -OCH3 is 1. The number of nitrogens with one attached hydrogen (secondary N) is 1. The molecule has 3 aromatic rings. The Labute approximate surface area is 169 Å². The number of fused-ring (bicyclic) bond motifs is 1. The summed E-state index contributed by atoms with van der Waals surface area (Å²) in [6.45, 7) is 0. The summed E-state index contributed by atoms with van der Waals surface area (Å²) in [6, 6.07) is 10.2. The lowest BCUT2D eigenvalue weighted by molar-refractivity contribution is -0.386. The van der Waals surface area contributed by atoms with Crippen LogP contribution in [-0.2, 0) is 11.8 Å². The lowest BCUT2D eigenvalue weighted by Crippen LogP contribution is -2.19. The molecule has 0 atom stereocenters. The first-order valence-corrected chi connectivity index (χ1v) is 9.30. The zero-order valence-electron chi connectivity index (χ0n) is 15.5. The first-order valence-electron chi connectivity index (χ1n) is 8.32. The van der Waals surface area contributed by atoms with E-state index in [-0.39, 0.29) is 23.0 Å². The minimum atomic E-state index is -0.735. The number of imidazole rings is 1. The number of hydrogen-bond acceptors (Lipinski definition) is 8. The van der Waals surface area contributed by atoms with Gasteiger partial charge < -0.3 is 14.4 Å². The van der Waals surface area contributed by atoms with Gasteiger partial charge in [0.25, 0.3) is 5.91 Å². The molecule has 1 aromatic heterocycles. The maximum absolute atomic E-state index is 12.0. The number of thioether (sulfide) groups is 1. The van der Waals surface area contributed by atoms with Gasteiger partial charge in [-0.25, -0.2) is 10.4 Å². The molecule has 0 aliphatic carbocycles. The number of rotatable bonds is 7. The van der Waals surface area contributed by atoms with Crippen molar-refractivity contribution in [3.05, 3.63) is 52.1 Å². The third-order valence-corrected chi connectivity index (χ3v) is 5.00. The maximum atomic E-state index is 12.0. The number of hydrazone groups is 1. The third-order valence-electron chi connectivity index (χ3n) is 3.98. The Morgan fingerprint density at radius 2 is 2.21 bits per heavy atom. The van der Waals surface area contributed by atoms with Crippen LogP contribution in [0, 0.1) is 10.1 Å². The molecule has 0 saturated carbocycles. The number of ether oxygens (including phenoxy) is 1. The van der Waals surface area contributed by atoms with E-state index in [1.54, 1.807) is 0 Å². The SMILES string of the molecule is COc1cc(/C=N\NC(=O)CSc2nc3ccccc3n2C)cc([N+](=O)[O-])c1O. The van der Waals surface area contributed by atoms with Crippen LogP contribution in [0.15, 0.2) is 46.7 Å². The van der Waals surface area contributed by atoms with Gasteiger partial charge in [-0.2, -0.15) is 5.10 Å². The fourth-order valence-corrected chi connectivity index (χ4v) is 3.36. The van der Waals surface area contributed by atoms with Gasteiger partial charge in [0.2, 0.25) is 5.75 Å². The molecule has 0 aliphatic heterocycles. The smallest absolute Gasteiger partial charge is 0.315 e. The highest BCUT2D eigenvalue weighted by atomic mass is 32.2. The second-order valence-corrected chi connectivity index (χ2v) is 6.81. The van der Waals surface area contributed by atoms with Crippen molar-refractivity contribution in [1.82, 2.24) is 15.0 Å². The van der Waals surface area contributed by atoms with E-state index in [1.807, 2.05) is 35.9 Å². The highest BCUT2D eigenvalue weighted by molar-refractivity contribution is 7.99. The molecular weight excluding hydrogens is 398 g/mol. The minimum Gasteiger partial charge on any atom is -0.500 e. The van der Waals surface area contributed by atoms with Crippen molar-refractivity contribution >= 4 is 40.6 Å². The summed E-state index contributed by atoms with van der Waals surface area (Å²) in [7, 11) is 3.15. The largest absolute Gasteiger partial charge is 0.500 e. The summed E-state index contributed by atoms with van der Waals surface area (Å²) >= 11 is 1.27. The number of aromatic hydroxyl groups is 1.